The van der Waals surface area contributed by atoms with Gasteiger partial charge in [-0.25, -0.2) is 4.98 Å². The van der Waals surface area contributed by atoms with Crippen molar-refractivity contribution in [2.75, 3.05) is 33.4 Å². The molecule has 1 N–H and O–H groups in total. The topological polar surface area (TPSA) is 59.0 Å². The number of nitrogens with one attached hydrogen (secondary N) is 1. The van der Waals surface area contributed by atoms with Gasteiger partial charge in [-0.1, -0.05) is 13.0 Å². The summed E-state index contributed by atoms with van der Waals surface area (Å²) < 4.78 is 11.4. The van der Waals surface area contributed by atoms with Crippen LogP contribution in [-0.2, 0) is 11.3 Å². The number of halogens is 1. The average molecular weight is 462 g/mol. The molecule has 1 aromatic heterocycles. The van der Waals surface area contributed by atoms with Crippen LogP contribution in [0, 0.1) is 0 Å². The van der Waals surface area contributed by atoms with E-state index in [1.807, 2.05) is 19.2 Å². The predicted molar refractivity (Wildman–Crippen MR) is 112 cm³/mol. The highest BCUT2D eigenvalue weighted by molar-refractivity contribution is 14.0. The number of pyridine rings is 1. The molecule has 1 aliphatic heterocycles. The lowest BCUT2D eigenvalue weighted by Crippen LogP contribution is -2.46. The summed E-state index contributed by atoms with van der Waals surface area (Å²) in [4.78, 5) is 11.0. The normalized spacial score (nSPS) is 15.6. The summed E-state index contributed by atoms with van der Waals surface area (Å²) in [5.74, 6) is 1.63. The van der Waals surface area contributed by atoms with Gasteiger partial charge in [0.25, 0.3) is 0 Å². The van der Waals surface area contributed by atoms with Gasteiger partial charge < -0.3 is 19.7 Å². The number of guanidine groups is 1. The third kappa shape index (κ3) is 6.97. The summed E-state index contributed by atoms with van der Waals surface area (Å²) in [7, 11) is 1.83. The number of likely N-dealkylation sites (tertiary alicyclic amines) is 1. The van der Waals surface area contributed by atoms with E-state index in [9.17, 15) is 0 Å². The third-order valence-corrected chi connectivity index (χ3v) is 4.09. The standard InChI is InChI=1S/C18H30N4O2.HI/c1-4-13-24-17-15(7-6-10-20-17)14-21-18(19-3)22-11-8-16(9-12-22)23-5-2;/h6-7,10,16H,4-5,8-9,11-14H2,1-3H3,(H,19,21);1H. The smallest absolute Gasteiger partial charge is 0.218 e. The van der Waals surface area contributed by atoms with Crippen LogP contribution in [0.15, 0.2) is 23.3 Å². The summed E-state index contributed by atoms with van der Waals surface area (Å²) in [5.41, 5.74) is 1.05. The Balaban J connectivity index is 0.00000312. The molecule has 142 valence electrons. The number of ether oxygens (including phenoxy) is 2. The van der Waals surface area contributed by atoms with E-state index in [0.717, 1.165) is 50.5 Å². The van der Waals surface area contributed by atoms with Crippen LogP contribution in [0.1, 0.15) is 38.7 Å². The molecule has 1 aromatic rings. The Hall–Kier alpha value is -1.09. The highest BCUT2D eigenvalue weighted by Gasteiger charge is 2.21. The van der Waals surface area contributed by atoms with Gasteiger partial charge in [0, 0.05) is 45.0 Å². The van der Waals surface area contributed by atoms with Gasteiger partial charge in [0.15, 0.2) is 5.96 Å². The number of aromatic nitrogens is 1. The van der Waals surface area contributed by atoms with Gasteiger partial charge >= 0.3 is 0 Å². The second-order valence-corrected chi connectivity index (χ2v) is 5.86. The zero-order valence-electron chi connectivity index (χ0n) is 15.5. The van der Waals surface area contributed by atoms with E-state index in [4.69, 9.17) is 9.47 Å². The summed E-state index contributed by atoms with van der Waals surface area (Å²) in [6.45, 7) is 8.22. The van der Waals surface area contributed by atoms with E-state index in [0.29, 0.717) is 25.1 Å². The van der Waals surface area contributed by atoms with E-state index in [1.54, 1.807) is 6.20 Å². The van der Waals surface area contributed by atoms with Crippen LogP contribution in [0.3, 0.4) is 0 Å². The van der Waals surface area contributed by atoms with Crippen molar-refractivity contribution in [2.24, 2.45) is 4.99 Å². The lowest BCUT2D eigenvalue weighted by Gasteiger charge is -2.34. The molecule has 0 unspecified atom stereocenters. The Bertz CT molecular complexity index is 520. The van der Waals surface area contributed by atoms with Gasteiger partial charge in [0.2, 0.25) is 5.88 Å². The summed E-state index contributed by atoms with van der Waals surface area (Å²) in [6.07, 6.45) is 5.22. The van der Waals surface area contributed by atoms with Crippen LogP contribution >= 0.6 is 24.0 Å². The largest absolute Gasteiger partial charge is 0.477 e. The fourth-order valence-corrected chi connectivity index (χ4v) is 2.86. The van der Waals surface area contributed by atoms with E-state index < -0.39 is 0 Å². The van der Waals surface area contributed by atoms with Gasteiger partial charge in [-0.3, -0.25) is 4.99 Å². The molecule has 0 saturated carbocycles. The van der Waals surface area contributed by atoms with Gasteiger partial charge in [0.1, 0.15) is 0 Å². The minimum absolute atomic E-state index is 0. The Kier molecular flexibility index (Phi) is 10.8. The lowest BCUT2D eigenvalue weighted by molar-refractivity contribution is 0.0263. The molecule has 6 nitrogen and oxygen atoms in total. The Morgan fingerprint density at radius 3 is 2.76 bits per heavy atom. The molecular weight excluding hydrogens is 431 g/mol. The maximum Gasteiger partial charge on any atom is 0.218 e. The van der Waals surface area contributed by atoms with Crippen molar-refractivity contribution in [3.63, 3.8) is 0 Å². The van der Waals surface area contributed by atoms with E-state index >= 15 is 0 Å². The predicted octanol–water partition coefficient (Wildman–Crippen LogP) is 3.06. The first-order chi connectivity index (χ1) is 11.8. The monoisotopic (exact) mass is 462 g/mol. The molecule has 0 aromatic carbocycles. The maximum absolute atomic E-state index is 5.72. The minimum Gasteiger partial charge on any atom is -0.477 e. The molecule has 1 fully saturated rings. The Morgan fingerprint density at radius 2 is 2.12 bits per heavy atom. The second kappa shape index (κ2) is 12.3. The number of nitrogens with zero attached hydrogens (tertiary/aromatic N) is 3. The van der Waals surface area contributed by atoms with E-state index in [1.165, 1.54) is 0 Å². The molecule has 0 aliphatic carbocycles. The van der Waals surface area contributed by atoms with E-state index in [-0.39, 0.29) is 24.0 Å². The molecule has 0 amide bonds. The molecule has 0 bridgehead atoms. The van der Waals surface area contributed by atoms with E-state index in [2.05, 4.69) is 34.0 Å². The summed E-state index contributed by atoms with van der Waals surface area (Å²) >= 11 is 0. The average Bonchev–Trinajstić information content (AvgIpc) is 2.63. The maximum atomic E-state index is 5.72. The molecule has 2 heterocycles. The quantitative estimate of drug-likeness (QED) is 0.384. The van der Waals surface area contributed by atoms with Crippen LogP contribution in [0.2, 0.25) is 0 Å². The zero-order valence-corrected chi connectivity index (χ0v) is 17.9. The minimum atomic E-state index is 0. The Labute approximate surface area is 168 Å². The number of aliphatic imine (C=N–C) groups is 1. The molecule has 1 aliphatic rings. The van der Waals surface area contributed by atoms with Crippen LogP contribution in [-0.4, -0.2) is 55.3 Å². The molecule has 1 saturated heterocycles. The summed E-state index contributed by atoms with van der Waals surface area (Å²) in [5, 5.41) is 3.43. The first-order valence-corrected chi connectivity index (χ1v) is 8.92. The van der Waals surface area contributed by atoms with Crippen LogP contribution in [0.5, 0.6) is 5.88 Å². The van der Waals surface area contributed by atoms with Gasteiger partial charge in [-0.2, -0.15) is 0 Å². The van der Waals surface area contributed by atoms with Crippen molar-refractivity contribution < 1.29 is 9.47 Å². The van der Waals surface area contributed by atoms with Crippen molar-refractivity contribution >= 4 is 29.9 Å². The van der Waals surface area contributed by atoms with Crippen LogP contribution < -0.4 is 10.1 Å². The lowest BCUT2D eigenvalue weighted by atomic mass is 10.1. The van der Waals surface area contributed by atoms with Gasteiger partial charge in [0.05, 0.1) is 12.7 Å². The van der Waals surface area contributed by atoms with Crippen molar-refractivity contribution in [1.29, 1.82) is 0 Å². The molecule has 0 spiro atoms. The number of hydrogen-bond donors (Lipinski definition) is 1. The first kappa shape index (κ1) is 22.0. The van der Waals surface area contributed by atoms with Crippen LogP contribution in [0.25, 0.3) is 0 Å². The first-order valence-electron chi connectivity index (χ1n) is 8.92. The van der Waals surface area contributed by atoms with Crippen molar-refractivity contribution in [3.05, 3.63) is 23.9 Å². The highest BCUT2D eigenvalue weighted by Crippen LogP contribution is 2.16. The molecule has 7 heteroatoms. The van der Waals surface area contributed by atoms with Gasteiger partial charge in [-0.15, -0.1) is 24.0 Å². The second-order valence-electron chi connectivity index (χ2n) is 5.86. The third-order valence-electron chi connectivity index (χ3n) is 4.09. The Morgan fingerprint density at radius 1 is 1.36 bits per heavy atom. The number of rotatable bonds is 7. The highest BCUT2D eigenvalue weighted by atomic mass is 127. The van der Waals surface area contributed by atoms with Crippen molar-refractivity contribution in [1.82, 2.24) is 15.2 Å². The van der Waals surface area contributed by atoms with Crippen LogP contribution in [0.4, 0.5) is 0 Å². The molecule has 0 radical (unpaired) electrons. The number of hydrogen-bond acceptors (Lipinski definition) is 4. The molecule has 0 atom stereocenters. The van der Waals surface area contributed by atoms with Crippen molar-refractivity contribution in [2.45, 2.75) is 45.8 Å². The molecule has 25 heavy (non-hydrogen) atoms. The molecule has 2 rings (SSSR count). The van der Waals surface area contributed by atoms with Crippen molar-refractivity contribution in [3.8, 4) is 5.88 Å². The fraction of sp³-hybridized carbons (Fsp3) is 0.667. The summed E-state index contributed by atoms with van der Waals surface area (Å²) in [6, 6.07) is 3.98. The number of piperidine rings is 1. The molecular formula is C18H31IN4O2. The van der Waals surface area contributed by atoms with Gasteiger partial charge in [-0.05, 0) is 32.3 Å². The zero-order chi connectivity index (χ0) is 17.2. The SMILES string of the molecule is CCCOc1ncccc1CNC(=NC)N1CCC(OCC)CC1.I. The fourth-order valence-electron chi connectivity index (χ4n) is 2.86.